The highest BCUT2D eigenvalue weighted by Gasteiger charge is 2.20. The first-order valence-electron chi connectivity index (χ1n) is 9.56. The Morgan fingerprint density at radius 2 is 1.55 bits per heavy atom. The molecule has 0 radical (unpaired) electrons. The van der Waals surface area contributed by atoms with Gasteiger partial charge in [0, 0.05) is 21.5 Å². The molecule has 0 fully saturated rings. The van der Waals surface area contributed by atoms with Crippen LogP contribution in [0, 0.1) is 0 Å². The third-order valence-corrected chi connectivity index (χ3v) is 6.55. The molecule has 3 heterocycles. The predicted octanol–water partition coefficient (Wildman–Crippen LogP) is 7.29. The summed E-state index contributed by atoms with van der Waals surface area (Å²) in [6, 6.07) is 27.6. The molecule has 0 bridgehead atoms. The van der Waals surface area contributed by atoms with Gasteiger partial charge in [0.05, 0.1) is 26.9 Å². The molecule has 0 spiro atoms. The molecule has 0 unspecified atom stereocenters. The van der Waals surface area contributed by atoms with E-state index < -0.39 is 0 Å². The Morgan fingerprint density at radius 3 is 2.52 bits per heavy atom. The number of para-hydroxylation sites is 3. The minimum atomic E-state index is 0.915. The first-order valence-corrected chi connectivity index (χ1v) is 10.4. The molecule has 0 amide bonds. The summed E-state index contributed by atoms with van der Waals surface area (Å²) in [5.41, 5.74) is 8.12. The second-order valence-corrected chi connectivity index (χ2v) is 8.15. The van der Waals surface area contributed by atoms with Crippen LogP contribution in [0.2, 0.25) is 0 Å². The van der Waals surface area contributed by atoms with Gasteiger partial charge in [-0.2, -0.15) is 0 Å². The van der Waals surface area contributed by atoms with Crippen LogP contribution in [-0.2, 0) is 0 Å². The Labute approximate surface area is 169 Å². The molecule has 3 nitrogen and oxygen atoms in total. The fourth-order valence-corrected chi connectivity index (χ4v) is 5.23. The highest BCUT2D eigenvalue weighted by molar-refractivity contribution is 7.16. The number of fused-ring (bicyclic) bond motifs is 8. The molecule has 0 N–H and O–H groups in total. The van der Waals surface area contributed by atoms with Crippen molar-refractivity contribution in [2.45, 2.75) is 0 Å². The lowest BCUT2D eigenvalue weighted by atomic mass is 10.1. The van der Waals surface area contributed by atoms with Crippen molar-refractivity contribution in [2.75, 3.05) is 0 Å². The van der Waals surface area contributed by atoms with E-state index in [0.29, 0.717) is 0 Å². The van der Waals surface area contributed by atoms with Gasteiger partial charge in [0.15, 0.2) is 5.58 Å². The first-order chi connectivity index (χ1) is 14.4. The molecule has 0 saturated heterocycles. The fraction of sp³-hybridized carbons (Fsp3) is 0. The Bertz CT molecular complexity index is 1720. The molecule has 29 heavy (non-hydrogen) atoms. The molecule has 7 aromatic rings. The van der Waals surface area contributed by atoms with Gasteiger partial charge in [-0.25, -0.2) is 4.98 Å². The fourth-order valence-electron chi connectivity index (χ4n) is 4.53. The Kier molecular flexibility index (Phi) is 2.88. The quantitative estimate of drug-likeness (QED) is 0.295. The Hall–Kier alpha value is -3.63. The van der Waals surface area contributed by atoms with E-state index in [0.717, 1.165) is 44.2 Å². The number of aromatic nitrogens is 2. The van der Waals surface area contributed by atoms with Crippen LogP contribution in [0.15, 0.2) is 88.8 Å². The van der Waals surface area contributed by atoms with Crippen LogP contribution in [0.5, 0.6) is 0 Å². The predicted molar refractivity (Wildman–Crippen MR) is 121 cm³/mol. The molecule has 3 aromatic heterocycles. The SMILES string of the molecule is c1ccc2c(c1)oc1c2ccc2c3ccccc3n(-c3cccc4scnc34)c21. The van der Waals surface area contributed by atoms with E-state index in [1.54, 1.807) is 11.3 Å². The second kappa shape index (κ2) is 5.46. The zero-order valence-corrected chi connectivity index (χ0v) is 16.1. The van der Waals surface area contributed by atoms with Crippen molar-refractivity contribution in [1.29, 1.82) is 0 Å². The minimum absolute atomic E-state index is 0.915. The van der Waals surface area contributed by atoms with Crippen LogP contribution in [0.4, 0.5) is 0 Å². The smallest absolute Gasteiger partial charge is 0.160 e. The van der Waals surface area contributed by atoms with Crippen LogP contribution in [0.1, 0.15) is 0 Å². The van der Waals surface area contributed by atoms with Gasteiger partial charge in [-0.3, -0.25) is 0 Å². The molecule has 4 aromatic carbocycles. The maximum absolute atomic E-state index is 6.41. The molecule has 0 aliphatic rings. The van der Waals surface area contributed by atoms with E-state index in [1.807, 2.05) is 17.6 Å². The van der Waals surface area contributed by atoms with Gasteiger partial charge in [-0.15, -0.1) is 11.3 Å². The van der Waals surface area contributed by atoms with E-state index in [4.69, 9.17) is 4.42 Å². The van der Waals surface area contributed by atoms with E-state index in [-0.39, 0.29) is 0 Å². The molecular weight excluding hydrogens is 376 g/mol. The minimum Gasteiger partial charge on any atom is -0.454 e. The summed E-state index contributed by atoms with van der Waals surface area (Å²) in [6.07, 6.45) is 0. The van der Waals surface area contributed by atoms with Gasteiger partial charge in [-0.1, -0.05) is 48.5 Å². The van der Waals surface area contributed by atoms with E-state index >= 15 is 0 Å². The van der Waals surface area contributed by atoms with Crippen molar-refractivity contribution >= 4 is 65.3 Å². The molecule has 7 rings (SSSR count). The Balaban J connectivity index is 1.79. The number of nitrogens with zero attached hydrogens (tertiary/aromatic N) is 2. The molecule has 0 saturated carbocycles. The van der Waals surface area contributed by atoms with Gasteiger partial charge in [0.2, 0.25) is 0 Å². The van der Waals surface area contributed by atoms with Crippen molar-refractivity contribution in [3.8, 4) is 5.69 Å². The molecule has 4 heteroatoms. The van der Waals surface area contributed by atoms with Crippen LogP contribution in [0.3, 0.4) is 0 Å². The lowest BCUT2D eigenvalue weighted by Gasteiger charge is -2.08. The number of rotatable bonds is 1. The number of furan rings is 1. The molecule has 0 aliphatic heterocycles. The largest absolute Gasteiger partial charge is 0.454 e. The van der Waals surface area contributed by atoms with Crippen molar-refractivity contribution in [2.24, 2.45) is 0 Å². The molecular formula is C25H14N2OS. The zero-order valence-electron chi connectivity index (χ0n) is 15.3. The average molecular weight is 390 g/mol. The van der Waals surface area contributed by atoms with Crippen LogP contribution < -0.4 is 0 Å². The summed E-state index contributed by atoms with van der Waals surface area (Å²) in [4.78, 5) is 4.68. The average Bonchev–Trinajstić information content (AvgIpc) is 3.47. The monoisotopic (exact) mass is 390 g/mol. The first kappa shape index (κ1) is 15.3. The number of hydrogen-bond acceptors (Lipinski definition) is 3. The Morgan fingerprint density at radius 1 is 0.724 bits per heavy atom. The van der Waals surface area contributed by atoms with Crippen molar-refractivity contribution in [3.05, 3.63) is 84.4 Å². The topological polar surface area (TPSA) is 31.0 Å². The highest BCUT2D eigenvalue weighted by atomic mass is 32.1. The van der Waals surface area contributed by atoms with Crippen molar-refractivity contribution in [1.82, 2.24) is 9.55 Å². The molecule has 0 atom stereocenters. The molecule has 136 valence electrons. The summed E-state index contributed by atoms with van der Waals surface area (Å²) in [5.74, 6) is 0. The highest BCUT2D eigenvalue weighted by Crippen LogP contribution is 2.41. The summed E-state index contributed by atoms with van der Waals surface area (Å²) in [5, 5.41) is 4.70. The van der Waals surface area contributed by atoms with Gasteiger partial charge in [-0.05, 0) is 30.3 Å². The summed E-state index contributed by atoms with van der Waals surface area (Å²) < 4.78 is 9.91. The maximum Gasteiger partial charge on any atom is 0.160 e. The number of thiazole rings is 1. The van der Waals surface area contributed by atoms with Crippen LogP contribution in [-0.4, -0.2) is 9.55 Å². The maximum atomic E-state index is 6.41. The van der Waals surface area contributed by atoms with Crippen LogP contribution >= 0.6 is 11.3 Å². The van der Waals surface area contributed by atoms with E-state index in [1.165, 1.54) is 15.5 Å². The number of benzene rings is 4. The van der Waals surface area contributed by atoms with Gasteiger partial charge < -0.3 is 8.98 Å². The lowest BCUT2D eigenvalue weighted by molar-refractivity contribution is 0.671. The van der Waals surface area contributed by atoms with E-state index in [2.05, 4.69) is 76.3 Å². The number of hydrogen-bond donors (Lipinski definition) is 0. The van der Waals surface area contributed by atoms with Gasteiger partial charge >= 0.3 is 0 Å². The summed E-state index contributed by atoms with van der Waals surface area (Å²) >= 11 is 1.67. The summed E-state index contributed by atoms with van der Waals surface area (Å²) in [7, 11) is 0. The second-order valence-electron chi connectivity index (χ2n) is 7.27. The van der Waals surface area contributed by atoms with Gasteiger partial charge in [0.1, 0.15) is 11.1 Å². The zero-order chi connectivity index (χ0) is 18.9. The summed E-state index contributed by atoms with van der Waals surface area (Å²) in [6.45, 7) is 0. The normalized spacial score (nSPS) is 12.1. The third kappa shape index (κ3) is 1.94. The van der Waals surface area contributed by atoms with Gasteiger partial charge in [0.25, 0.3) is 0 Å². The standard InChI is InChI=1S/C25H14N2OS/c1-3-8-19-15(6-1)17-12-13-18-16-7-2-4-10-21(16)28-25(18)24(17)27(19)20-9-5-11-22-23(20)26-14-29-22/h1-14H. The van der Waals surface area contributed by atoms with Crippen LogP contribution in [0.25, 0.3) is 59.6 Å². The third-order valence-electron chi connectivity index (χ3n) is 5.76. The van der Waals surface area contributed by atoms with Crippen molar-refractivity contribution < 1.29 is 4.42 Å². The lowest BCUT2D eigenvalue weighted by Crippen LogP contribution is -1.95. The van der Waals surface area contributed by atoms with E-state index in [9.17, 15) is 0 Å². The molecule has 0 aliphatic carbocycles. The van der Waals surface area contributed by atoms with Crippen molar-refractivity contribution in [3.63, 3.8) is 0 Å².